The molecule has 0 unspecified atom stereocenters. The van der Waals surface area contributed by atoms with E-state index in [0.29, 0.717) is 0 Å². The molecule has 110 valence electrons. The van der Waals surface area contributed by atoms with Crippen LogP contribution in [0.4, 0.5) is 0 Å². The SMILES string of the molecule is CCCCCCCCCCCCNCCCCN. The van der Waals surface area contributed by atoms with Crippen molar-refractivity contribution in [2.75, 3.05) is 19.6 Å². The van der Waals surface area contributed by atoms with E-state index in [-0.39, 0.29) is 0 Å². The number of hydrogen-bond donors (Lipinski definition) is 2. The number of nitrogens with one attached hydrogen (secondary N) is 1. The second-order valence-corrected chi connectivity index (χ2v) is 5.43. The van der Waals surface area contributed by atoms with Crippen molar-refractivity contribution in [2.24, 2.45) is 5.73 Å². The van der Waals surface area contributed by atoms with Crippen LogP contribution in [-0.2, 0) is 0 Å². The molecule has 3 N–H and O–H groups in total. The quantitative estimate of drug-likeness (QED) is 0.430. The van der Waals surface area contributed by atoms with Gasteiger partial charge < -0.3 is 11.1 Å². The van der Waals surface area contributed by atoms with E-state index in [4.69, 9.17) is 5.73 Å². The Bertz CT molecular complexity index is 121. The number of rotatable bonds is 15. The largest absolute Gasteiger partial charge is 0.330 e. The average molecular weight is 256 g/mol. The molecule has 0 aromatic carbocycles. The molecule has 0 saturated heterocycles. The summed E-state index contributed by atoms with van der Waals surface area (Å²) in [6.45, 7) is 5.46. The predicted molar refractivity (Wildman–Crippen MR) is 83.0 cm³/mol. The fourth-order valence-corrected chi connectivity index (χ4v) is 2.26. The summed E-state index contributed by atoms with van der Waals surface area (Å²) in [6, 6.07) is 0. The van der Waals surface area contributed by atoms with Crippen molar-refractivity contribution in [1.82, 2.24) is 5.32 Å². The number of unbranched alkanes of at least 4 members (excludes halogenated alkanes) is 10. The van der Waals surface area contributed by atoms with Crippen LogP contribution >= 0.6 is 0 Å². The molecular formula is C16H36N2. The molecule has 2 nitrogen and oxygen atoms in total. The average Bonchev–Trinajstić information content (AvgIpc) is 2.39. The van der Waals surface area contributed by atoms with E-state index in [1.807, 2.05) is 0 Å². The molecule has 0 rings (SSSR count). The van der Waals surface area contributed by atoms with Gasteiger partial charge in [0, 0.05) is 0 Å². The zero-order valence-electron chi connectivity index (χ0n) is 12.7. The highest BCUT2D eigenvalue weighted by Gasteiger charge is 1.92. The van der Waals surface area contributed by atoms with Gasteiger partial charge >= 0.3 is 0 Å². The summed E-state index contributed by atoms with van der Waals surface area (Å²) < 4.78 is 0. The molecule has 0 fully saturated rings. The minimum absolute atomic E-state index is 0.833. The van der Waals surface area contributed by atoms with Crippen LogP contribution in [0.5, 0.6) is 0 Å². The molecule has 0 aliphatic rings. The van der Waals surface area contributed by atoms with Crippen molar-refractivity contribution < 1.29 is 0 Å². The standard InChI is InChI=1S/C16H36N2/c1-2-3-4-5-6-7-8-9-10-12-15-18-16-13-11-14-17/h18H,2-17H2,1H3. The molecule has 0 radical (unpaired) electrons. The Kier molecular flexibility index (Phi) is 16.8. The normalized spacial score (nSPS) is 11.0. The fourth-order valence-electron chi connectivity index (χ4n) is 2.26. The lowest BCUT2D eigenvalue weighted by atomic mass is 10.1. The summed E-state index contributed by atoms with van der Waals surface area (Å²) in [5.74, 6) is 0. The second kappa shape index (κ2) is 16.9. The molecule has 0 amide bonds. The summed E-state index contributed by atoms with van der Waals surface area (Å²) in [6.07, 6.45) is 16.6. The van der Waals surface area contributed by atoms with Gasteiger partial charge in [-0.1, -0.05) is 64.7 Å². The Hall–Kier alpha value is -0.0800. The van der Waals surface area contributed by atoms with Crippen molar-refractivity contribution in [1.29, 1.82) is 0 Å². The maximum atomic E-state index is 5.45. The van der Waals surface area contributed by atoms with Crippen LogP contribution in [0.3, 0.4) is 0 Å². The van der Waals surface area contributed by atoms with Gasteiger partial charge in [-0.05, 0) is 38.9 Å². The molecule has 0 aromatic heterocycles. The third-order valence-corrected chi connectivity index (χ3v) is 3.51. The molecule has 0 heterocycles. The lowest BCUT2D eigenvalue weighted by molar-refractivity contribution is 0.539. The molecule has 0 aromatic rings. The minimum atomic E-state index is 0.833. The zero-order valence-corrected chi connectivity index (χ0v) is 12.7. The van der Waals surface area contributed by atoms with Gasteiger partial charge in [0.05, 0.1) is 0 Å². The smallest absolute Gasteiger partial charge is 0.00484 e. The van der Waals surface area contributed by atoms with Gasteiger partial charge in [-0.3, -0.25) is 0 Å². The van der Waals surface area contributed by atoms with Crippen LogP contribution in [0.2, 0.25) is 0 Å². The Morgan fingerprint density at radius 1 is 0.611 bits per heavy atom. The van der Waals surface area contributed by atoms with Gasteiger partial charge in [0.25, 0.3) is 0 Å². The first-order chi connectivity index (χ1) is 8.91. The third kappa shape index (κ3) is 15.9. The van der Waals surface area contributed by atoms with Gasteiger partial charge in [0.1, 0.15) is 0 Å². The van der Waals surface area contributed by atoms with Crippen molar-refractivity contribution in [2.45, 2.75) is 84.0 Å². The summed E-state index contributed by atoms with van der Waals surface area (Å²) in [5, 5.41) is 3.49. The summed E-state index contributed by atoms with van der Waals surface area (Å²) in [7, 11) is 0. The maximum Gasteiger partial charge on any atom is -0.00484 e. The van der Waals surface area contributed by atoms with Gasteiger partial charge in [-0.25, -0.2) is 0 Å². The number of hydrogen-bond acceptors (Lipinski definition) is 2. The molecule has 18 heavy (non-hydrogen) atoms. The molecule has 0 atom stereocenters. The maximum absolute atomic E-state index is 5.45. The lowest BCUT2D eigenvalue weighted by Gasteiger charge is -2.04. The van der Waals surface area contributed by atoms with Gasteiger partial charge in [0.15, 0.2) is 0 Å². The minimum Gasteiger partial charge on any atom is -0.330 e. The van der Waals surface area contributed by atoms with Gasteiger partial charge in [0.2, 0.25) is 0 Å². The molecule has 0 saturated carbocycles. The molecule has 0 aliphatic heterocycles. The predicted octanol–water partition coefficient (Wildman–Crippen LogP) is 4.24. The van der Waals surface area contributed by atoms with E-state index in [1.54, 1.807) is 0 Å². The second-order valence-electron chi connectivity index (χ2n) is 5.43. The number of nitrogens with two attached hydrogens (primary N) is 1. The van der Waals surface area contributed by atoms with E-state index in [1.165, 1.54) is 77.2 Å². The van der Waals surface area contributed by atoms with Crippen molar-refractivity contribution >= 4 is 0 Å². The third-order valence-electron chi connectivity index (χ3n) is 3.51. The van der Waals surface area contributed by atoms with E-state index >= 15 is 0 Å². The van der Waals surface area contributed by atoms with Gasteiger partial charge in [-0.2, -0.15) is 0 Å². The van der Waals surface area contributed by atoms with Crippen LogP contribution < -0.4 is 11.1 Å². The highest BCUT2D eigenvalue weighted by Crippen LogP contribution is 2.10. The summed E-state index contributed by atoms with van der Waals surface area (Å²) in [4.78, 5) is 0. The van der Waals surface area contributed by atoms with Gasteiger partial charge in [-0.15, -0.1) is 0 Å². The van der Waals surface area contributed by atoms with Crippen molar-refractivity contribution in [3.8, 4) is 0 Å². The zero-order chi connectivity index (χ0) is 13.3. The Morgan fingerprint density at radius 2 is 1.06 bits per heavy atom. The molecule has 0 aliphatic carbocycles. The molecular weight excluding hydrogens is 220 g/mol. The van der Waals surface area contributed by atoms with E-state index in [2.05, 4.69) is 12.2 Å². The summed E-state index contributed by atoms with van der Waals surface area (Å²) >= 11 is 0. The highest BCUT2D eigenvalue weighted by molar-refractivity contribution is 4.51. The van der Waals surface area contributed by atoms with Crippen molar-refractivity contribution in [3.05, 3.63) is 0 Å². The van der Waals surface area contributed by atoms with E-state index in [9.17, 15) is 0 Å². The fraction of sp³-hybridized carbons (Fsp3) is 1.00. The topological polar surface area (TPSA) is 38.0 Å². The first kappa shape index (κ1) is 17.9. The Morgan fingerprint density at radius 3 is 1.56 bits per heavy atom. The summed E-state index contributed by atoms with van der Waals surface area (Å²) in [5.41, 5.74) is 5.45. The van der Waals surface area contributed by atoms with Crippen LogP contribution in [0.1, 0.15) is 84.0 Å². The van der Waals surface area contributed by atoms with Crippen LogP contribution in [0.25, 0.3) is 0 Å². The van der Waals surface area contributed by atoms with Crippen LogP contribution in [0, 0.1) is 0 Å². The lowest BCUT2D eigenvalue weighted by Crippen LogP contribution is -2.17. The van der Waals surface area contributed by atoms with E-state index < -0.39 is 0 Å². The van der Waals surface area contributed by atoms with E-state index in [0.717, 1.165) is 19.5 Å². The molecule has 0 bridgehead atoms. The van der Waals surface area contributed by atoms with Crippen LogP contribution in [-0.4, -0.2) is 19.6 Å². The first-order valence-corrected chi connectivity index (χ1v) is 8.32. The Labute approximate surface area is 115 Å². The van der Waals surface area contributed by atoms with Crippen molar-refractivity contribution in [3.63, 3.8) is 0 Å². The molecule has 0 spiro atoms. The van der Waals surface area contributed by atoms with Crippen LogP contribution in [0.15, 0.2) is 0 Å². The molecule has 2 heteroatoms. The highest BCUT2D eigenvalue weighted by atomic mass is 14.8. The Balaban J connectivity index is 2.86. The first-order valence-electron chi connectivity index (χ1n) is 8.32. The monoisotopic (exact) mass is 256 g/mol.